The fourth-order valence-electron chi connectivity index (χ4n) is 1.50. The molecule has 0 saturated heterocycles. The second-order valence-corrected chi connectivity index (χ2v) is 5.61. The van der Waals surface area contributed by atoms with E-state index in [-0.39, 0.29) is 10.6 Å². The summed E-state index contributed by atoms with van der Waals surface area (Å²) in [5.74, 6) is -0.0737. The van der Waals surface area contributed by atoms with Crippen LogP contribution in [0.2, 0.25) is 0 Å². The maximum absolute atomic E-state index is 11.6. The molecule has 2 heterocycles. The third-order valence-electron chi connectivity index (χ3n) is 2.40. The van der Waals surface area contributed by atoms with Crippen LogP contribution < -0.4 is 5.56 Å². The van der Waals surface area contributed by atoms with E-state index >= 15 is 0 Å². The quantitative estimate of drug-likeness (QED) is 0.786. The summed E-state index contributed by atoms with van der Waals surface area (Å²) in [6.07, 6.45) is 0. The van der Waals surface area contributed by atoms with E-state index in [9.17, 15) is 13.2 Å². The minimum atomic E-state index is -3.45. The number of pyridine rings is 1. The highest BCUT2D eigenvalue weighted by molar-refractivity contribution is 7.91. The summed E-state index contributed by atoms with van der Waals surface area (Å²) in [6.45, 7) is 2.22. The molecule has 5 nitrogen and oxygen atoms in total. The molecule has 6 heteroatoms. The van der Waals surface area contributed by atoms with Crippen molar-refractivity contribution in [1.82, 2.24) is 4.98 Å². The summed E-state index contributed by atoms with van der Waals surface area (Å²) in [7, 11) is -3.45. The molecular formula is C9H11NO4S. The molecule has 0 aromatic carbocycles. The van der Waals surface area contributed by atoms with Crippen molar-refractivity contribution in [2.45, 2.75) is 25.0 Å². The van der Waals surface area contributed by atoms with Crippen LogP contribution in [0.1, 0.15) is 18.2 Å². The molecule has 1 aromatic heterocycles. The maximum Gasteiger partial charge on any atom is 0.267 e. The van der Waals surface area contributed by atoms with Gasteiger partial charge in [0.15, 0.2) is 9.84 Å². The predicted octanol–water partition coefficient (Wildman–Crippen LogP) is 0.199. The van der Waals surface area contributed by atoms with Gasteiger partial charge in [-0.3, -0.25) is 4.79 Å². The van der Waals surface area contributed by atoms with Gasteiger partial charge in [0.1, 0.15) is 4.90 Å². The summed E-state index contributed by atoms with van der Waals surface area (Å²) < 4.78 is 28.2. The van der Waals surface area contributed by atoms with Gasteiger partial charge in [-0.1, -0.05) is 6.92 Å². The molecule has 2 rings (SSSR count). The van der Waals surface area contributed by atoms with Crippen LogP contribution in [0.15, 0.2) is 15.8 Å². The first kappa shape index (κ1) is 10.4. The number of hydrogen-bond donors (Lipinski definition) is 1. The van der Waals surface area contributed by atoms with Crippen molar-refractivity contribution < 1.29 is 13.2 Å². The van der Waals surface area contributed by atoms with Crippen LogP contribution in [0.3, 0.4) is 0 Å². The molecule has 0 saturated carbocycles. The largest absolute Gasteiger partial charge is 0.370 e. The van der Waals surface area contributed by atoms with Crippen molar-refractivity contribution in [1.29, 1.82) is 0 Å². The lowest BCUT2D eigenvalue weighted by Gasteiger charge is -2.02. The molecule has 0 amide bonds. The Kier molecular flexibility index (Phi) is 2.40. The number of rotatable bonds is 2. The Balaban J connectivity index is 2.65. The van der Waals surface area contributed by atoms with Crippen molar-refractivity contribution in [3.8, 4) is 0 Å². The topological polar surface area (TPSA) is 76.2 Å². The van der Waals surface area contributed by atoms with Crippen molar-refractivity contribution in [3.63, 3.8) is 0 Å². The van der Waals surface area contributed by atoms with E-state index in [4.69, 9.17) is 4.74 Å². The number of fused-ring (bicyclic) bond motifs is 1. The van der Waals surface area contributed by atoms with Gasteiger partial charge in [-0.15, -0.1) is 0 Å². The zero-order valence-corrected chi connectivity index (χ0v) is 9.06. The third-order valence-corrected chi connectivity index (χ3v) is 4.13. The molecule has 0 bridgehead atoms. The monoisotopic (exact) mass is 229 g/mol. The average Bonchev–Trinajstić information content (AvgIpc) is 2.63. The first-order chi connectivity index (χ1) is 7.04. The van der Waals surface area contributed by atoms with Crippen LogP contribution in [-0.2, 0) is 27.8 Å². The summed E-state index contributed by atoms with van der Waals surface area (Å²) in [4.78, 5) is 13.9. The molecule has 15 heavy (non-hydrogen) atoms. The highest BCUT2D eigenvalue weighted by Crippen LogP contribution is 2.18. The second kappa shape index (κ2) is 3.46. The summed E-state index contributed by atoms with van der Waals surface area (Å²) >= 11 is 0. The first-order valence-corrected chi connectivity index (χ1v) is 6.25. The molecule has 1 aliphatic rings. The van der Waals surface area contributed by atoms with Crippen molar-refractivity contribution >= 4 is 9.84 Å². The Bertz CT molecular complexity index is 544. The van der Waals surface area contributed by atoms with Gasteiger partial charge in [-0.25, -0.2) is 8.42 Å². The number of aromatic nitrogens is 1. The molecule has 0 spiro atoms. The second-order valence-electron chi connectivity index (χ2n) is 3.36. The lowest BCUT2D eigenvalue weighted by atomic mass is 10.2. The molecule has 82 valence electrons. The van der Waals surface area contributed by atoms with Gasteiger partial charge < -0.3 is 9.72 Å². The number of ether oxygens (including phenoxy) is 1. The van der Waals surface area contributed by atoms with Crippen LogP contribution >= 0.6 is 0 Å². The number of H-pyrrole nitrogens is 1. The van der Waals surface area contributed by atoms with Gasteiger partial charge in [-0.05, 0) is 6.07 Å². The first-order valence-electron chi connectivity index (χ1n) is 4.60. The van der Waals surface area contributed by atoms with Crippen molar-refractivity contribution in [2.75, 3.05) is 5.75 Å². The minimum Gasteiger partial charge on any atom is -0.370 e. The lowest BCUT2D eigenvalue weighted by Crippen LogP contribution is -2.20. The van der Waals surface area contributed by atoms with Crippen LogP contribution in [-0.4, -0.2) is 19.2 Å². The van der Waals surface area contributed by atoms with E-state index in [1.807, 2.05) is 0 Å². The normalized spacial score (nSPS) is 15.3. The van der Waals surface area contributed by atoms with Crippen LogP contribution in [0, 0.1) is 0 Å². The fraction of sp³-hybridized carbons (Fsp3) is 0.444. The summed E-state index contributed by atoms with van der Waals surface area (Å²) in [5, 5.41) is 0. The molecule has 0 atom stereocenters. The highest BCUT2D eigenvalue weighted by atomic mass is 32.2. The van der Waals surface area contributed by atoms with E-state index in [2.05, 4.69) is 4.98 Å². The SMILES string of the molecule is CCS(=O)(=O)c1cc2c([nH]c1=O)COC2. The van der Waals surface area contributed by atoms with Gasteiger partial charge in [0, 0.05) is 11.3 Å². The molecule has 1 aromatic rings. The molecule has 1 N–H and O–H groups in total. The molecule has 0 aliphatic carbocycles. The Hall–Kier alpha value is -1.14. The van der Waals surface area contributed by atoms with E-state index in [0.29, 0.717) is 18.9 Å². The zero-order valence-electron chi connectivity index (χ0n) is 8.24. The zero-order chi connectivity index (χ0) is 11.1. The van der Waals surface area contributed by atoms with Crippen molar-refractivity contribution in [3.05, 3.63) is 27.7 Å². The number of aromatic amines is 1. The van der Waals surface area contributed by atoms with Crippen LogP contribution in [0.25, 0.3) is 0 Å². The average molecular weight is 229 g/mol. The summed E-state index contributed by atoms with van der Waals surface area (Å²) in [5.41, 5.74) is 0.873. The van der Waals surface area contributed by atoms with E-state index < -0.39 is 15.4 Å². The smallest absolute Gasteiger partial charge is 0.267 e. The Labute approximate surface area is 87.0 Å². The third kappa shape index (κ3) is 1.70. The standard InChI is InChI=1S/C9H11NO4S/c1-2-15(12,13)8-3-6-4-14-5-7(6)10-9(8)11/h3H,2,4-5H2,1H3,(H,10,11). The van der Waals surface area contributed by atoms with E-state index in [1.54, 1.807) is 0 Å². The minimum absolute atomic E-state index is 0.0737. The van der Waals surface area contributed by atoms with Gasteiger partial charge >= 0.3 is 0 Å². The van der Waals surface area contributed by atoms with Crippen LogP contribution in [0.4, 0.5) is 0 Å². The number of hydrogen-bond acceptors (Lipinski definition) is 4. The Morgan fingerprint density at radius 2 is 2.20 bits per heavy atom. The fourth-order valence-corrected chi connectivity index (χ4v) is 2.46. The van der Waals surface area contributed by atoms with Crippen LogP contribution in [0.5, 0.6) is 0 Å². The number of sulfone groups is 1. The molecular weight excluding hydrogens is 218 g/mol. The Morgan fingerprint density at radius 3 is 2.87 bits per heavy atom. The highest BCUT2D eigenvalue weighted by Gasteiger charge is 2.21. The summed E-state index contributed by atoms with van der Waals surface area (Å²) in [6, 6.07) is 1.42. The molecule has 0 radical (unpaired) electrons. The van der Waals surface area contributed by atoms with Gasteiger partial charge in [0.2, 0.25) is 0 Å². The lowest BCUT2D eigenvalue weighted by molar-refractivity contribution is 0.133. The molecule has 0 fully saturated rings. The van der Waals surface area contributed by atoms with Crippen molar-refractivity contribution in [2.24, 2.45) is 0 Å². The molecule has 1 aliphatic heterocycles. The van der Waals surface area contributed by atoms with Gasteiger partial charge in [-0.2, -0.15) is 0 Å². The molecule has 0 unspecified atom stereocenters. The number of nitrogens with one attached hydrogen (secondary N) is 1. The van der Waals surface area contributed by atoms with Gasteiger partial charge in [0.05, 0.1) is 19.0 Å². The predicted molar refractivity (Wildman–Crippen MR) is 53.3 cm³/mol. The van der Waals surface area contributed by atoms with E-state index in [0.717, 1.165) is 5.56 Å². The van der Waals surface area contributed by atoms with Gasteiger partial charge in [0.25, 0.3) is 5.56 Å². The Morgan fingerprint density at radius 1 is 1.47 bits per heavy atom. The van der Waals surface area contributed by atoms with E-state index in [1.165, 1.54) is 13.0 Å². The maximum atomic E-state index is 11.6.